The van der Waals surface area contributed by atoms with Crippen LogP contribution in [0.5, 0.6) is 0 Å². The Labute approximate surface area is 117 Å². The van der Waals surface area contributed by atoms with E-state index in [0.29, 0.717) is 0 Å². The Bertz CT molecular complexity index is 860. The van der Waals surface area contributed by atoms with Crippen LogP contribution in [-0.4, -0.2) is 0 Å². The Kier molecular flexibility index (Phi) is 3.13. The standard InChI is InChI=1S/C18H15NO/c1-3-7-17-13(2)16-12-15(10-11-18(16)20-17)19-14-8-5-4-6-9-14/h3-12,19H,1-2H2/b17-7+. The maximum Gasteiger partial charge on any atom is 0.135 e. The molecule has 3 rings (SSSR count). The number of allylic oxidation sites excluding steroid dienone is 1. The molecule has 2 aromatic carbocycles. The van der Waals surface area contributed by atoms with E-state index in [4.69, 9.17) is 4.42 Å². The van der Waals surface area contributed by atoms with E-state index in [2.05, 4.69) is 24.5 Å². The van der Waals surface area contributed by atoms with Crippen LogP contribution in [0.15, 0.2) is 65.6 Å². The molecule has 0 aliphatic heterocycles. The number of fused-ring (bicyclic) bond motifs is 1. The maximum absolute atomic E-state index is 5.73. The monoisotopic (exact) mass is 261 g/mol. The predicted octanol–water partition coefficient (Wildman–Crippen LogP) is 3.55. The summed E-state index contributed by atoms with van der Waals surface area (Å²) in [6.45, 7) is 7.76. The van der Waals surface area contributed by atoms with Crippen molar-refractivity contribution in [2.24, 2.45) is 0 Å². The van der Waals surface area contributed by atoms with Gasteiger partial charge in [0.05, 0.1) is 0 Å². The molecule has 0 spiro atoms. The van der Waals surface area contributed by atoms with E-state index in [1.54, 1.807) is 6.08 Å². The summed E-state index contributed by atoms with van der Waals surface area (Å²) < 4.78 is 5.73. The molecule has 0 saturated carbocycles. The lowest BCUT2D eigenvalue weighted by molar-refractivity contribution is 0.576. The zero-order valence-electron chi connectivity index (χ0n) is 11.1. The summed E-state index contributed by atoms with van der Waals surface area (Å²) in [6, 6.07) is 16.1. The Balaban J connectivity index is 2.07. The lowest BCUT2D eigenvalue weighted by Crippen LogP contribution is -2.17. The molecule has 0 unspecified atom stereocenters. The minimum Gasteiger partial charge on any atom is -0.456 e. The van der Waals surface area contributed by atoms with Crippen LogP contribution >= 0.6 is 0 Å². The van der Waals surface area contributed by atoms with Crippen molar-refractivity contribution in [3.8, 4) is 0 Å². The normalized spacial score (nSPS) is 11.7. The average Bonchev–Trinajstić information content (AvgIpc) is 2.77. The van der Waals surface area contributed by atoms with Crippen LogP contribution in [0.2, 0.25) is 0 Å². The minimum absolute atomic E-state index is 0.756. The van der Waals surface area contributed by atoms with Gasteiger partial charge in [0.15, 0.2) is 0 Å². The highest BCUT2D eigenvalue weighted by Gasteiger charge is 2.03. The molecule has 98 valence electrons. The molecule has 3 aromatic rings. The zero-order chi connectivity index (χ0) is 13.9. The van der Waals surface area contributed by atoms with E-state index in [0.717, 1.165) is 33.0 Å². The van der Waals surface area contributed by atoms with Crippen LogP contribution in [0.4, 0.5) is 11.4 Å². The lowest BCUT2D eigenvalue weighted by Gasteiger charge is -2.05. The van der Waals surface area contributed by atoms with E-state index >= 15 is 0 Å². The lowest BCUT2D eigenvalue weighted by atomic mass is 10.2. The highest BCUT2D eigenvalue weighted by Crippen LogP contribution is 2.19. The third-order valence-electron chi connectivity index (χ3n) is 3.15. The van der Waals surface area contributed by atoms with E-state index in [-0.39, 0.29) is 0 Å². The van der Waals surface area contributed by atoms with Crippen LogP contribution in [0.3, 0.4) is 0 Å². The first-order valence-electron chi connectivity index (χ1n) is 6.44. The molecule has 0 bridgehead atoms. The summed E-state index contributed by atoms with van der Waals surface area (Å²) in [6.07, 6.45) is 3.53. The van der Waals surface area contributed by atoms with Crippen molar-refractivity contribution in [1.29, 1.82) is 0 Å². The number of benzene rings is 2. The van der Waals surface area contributed by atoms with Gasteiger partial charge < -0.3 is 9.73 Å². The molecule has 0 fully saturated rings. The van der Waals surface area contributed by atoms with Crippen LogP contribution in [0.25, 0.3) is 23.6 Å². The van der Waals surface area contributed by atoms with Gasteiger partial charge in [-0.2, -0.15) is 0 Å². The van der Waals surface area contributed by atoms with Crippen LogP contribution in [0.1, 0.15) is 0 Å². The first-order chi connectivity index (χ1) is 9.78. The van der Waals surface area contributed by atoms with E-state index < -0.39 is 0 Å². The first-order valence-corrected chi connectivity index (χ1v) is 6.44. The number of para-hydroxylation sites is 1. The van der Waals surface area contributed by atoms with E-state index in [9.17, 15) is 0 Å². The van der Waals surface area contributed by atoms with Gasteiger partial charge in [-0.3, -0.25) is 0 Å². The number of hydrogen-bond acceptors (Lipinski definition) is 2. The molecule has 2 heteroatoms. The summed E-state index contributed by atoms with van der Waals surface area (Å²) in [5.74, 6) is 0. The molecule has 0 radical (unpaired) electrons. The van der Waals surface area contributed by atoms with Crippen molar-refractivity contribution < 1.29 is 4.42 Å². The SMILES string of the molecule is C=C/C=c1/oc2ccc(Nc3ccccc3)cc2c1=C. The molecular formula is C18H15NO. The summed E-state index contributed by atoms with van der Waals surface area (Å²) in [4.78, 5) is 0. The number of anilines is 2. The van der Waals surface area contributed by atoms with E-state index in [1.165, 1.54) is 0 Å². The fourth-order valence-corrected chi connectivity index (χ4v) is 2.18. The quantitative estimate of drug-likeness (QED) is 0.780. The molecule has 1 aromatic heterocycles. The van der Waals surface area contributed by atoms with Crippen molar-refractivity contribution >= 4 is 35.0 Å². The second-order valence-corrected chi connectivity index (χ2v) is 4.55. The van der Waals surface area contributed by atoms with Crippen molar-refractivity contribution in [3.05, 3.63) is 71.8 Å². The first kappa shape index (κ1) is 12.3. The van der Waals surface area contributed by atoms with Gasteiger partial charge in [0.25, 0.3) is 0 Å². The smallest absolute Gasteiger partial charge is 0.135 e. The van der Waals surface area contributed by atoms with Crippen molar-refractivity contribution in [1.82, 2.24) is 0 Å². The van der Waals surface area contributed by atoms with Gasteiger partial charge in [0, 0.05) is 22.0 Å². The number of nitrogens with one attached hydrogen (secondary N) is 1. The maximum atomic E-state index is 5.73. The summed E-state index contributed by atoms with van der Waals surface area (Å²) >= 11 is 0. The molecule has 0 aliphatic rings. The van der Waals surface area contributed by atoms with Gasteiger partial charge in [-0.05, 0) is 36.4 Å². The highest BCUT2D eigenvalue weighted by atomic mass is 16.3. The van der Waals surface area contributed by atoms with Gasteiger partial charge in [0.1, 0.15) is 11.0 Å². The fraction of sp³-hybridized carbons (Fsp3) is 0. The summed E-state index contributed by atoms with van der Waals surface area (Å²) in [5.41, 5.74) is 3.66. The summed E-state index contributed by atoms with van der Waals surface area (Å²) in [5, 5.41) is 5.26. The van der Waals surface area contributed by atoms with Gasteiger partial charge in [0.2, 0.25) is 0 Å². The van der Waals surface area contributed by atoms with Gasteiger partial charge in [-0.15, -0.1) is 0 Å². The second-order valence-electron chi connectivity index (χ2n) is 4.55. The number of hydrogen-bond donors (Lipinski definition) is 1. The van der Waals surface area contributed by atoms with Crippen LogP contribution in [-0.2, 0) is 0 Å². The molecule has 0 amide bonds. The zero-order valence-corrected chi connectivity index (χ0v) is 11.1. The largest absolute Gasteiger partial charge is 0.456 e. The van der Waals surface area contributed by atoms with Gasteiger partial charge >= 0.3 is 0 Å². The second kappa shape index (κ2) is 5.10. The summed E-state index contributed by atoms with van der Waals surface area (Å²) in [7, 11) is 0. The molecule has 0 saturated heterocycles. The Morgan fingerprint density at radius 2 is 1.80 bits per heavy atom. The number of rotatable bonds is 3. The minimum atomic E-state index is 0.756. The predicted molar refractivity (Wildman–Crippen MR) is 85.4 cm³/mol. The van der Waals surface area contributed by atoms with Gasteiger partial charge in [-0.25, -0.2) is 0 Å². The third kappa shape index (κ3) is 2.24. The Hall–Kier alpha value is -2.74. The molecule has 2 nitrogen and oxygen atoms in total. The highest BCUT2D eigenvalue weighted by molar-refractivity contribution is 5.83. The van der Waals surface area contributed by atoms with Crippen LogP contribution in [0, 0.1) is 0 Å². The van der Waals surface area contributed by atoms with Crippen molar-refractivity contribution in [3.63, 3.8) is 0 Å². The molecule has 1 heterocycles. The molecule has 20 heavy (non-hydrogen) atoms. The topological polar surface area (TPSA) is 25.2 Å². The Morgan fingerprint density at radius 1 is 1.00 bits per heavy atom. The van der Waals surface area contributed by atoms with Crippen LogP contribution < -0.4 is 16.0 Å². The fourth-order valence-electron chi connectivity index (χ4n) is 2.18. The van der Waals surface area contributed by atoms with Gasteiger partial charge in [-0.1, -0.05) is 37.4 Å². The van der Waals surface area contributed by atoms with Crippen molar-refractivity contribution in [2.45, 2.75) is 0 Å². The molecular weight excluding hydrogens is 246 g/mol. The Morgan fingerprint density at radius 3 is 2.55 bits per heavy atom. The van der Waals surface area contributed by atoms with E-state index in [1.807, 2.05) is 48.5 Å². The molecule has 0 aliphatic carbocycles. The van der Waals surface area contributed by atoms with Crippen molar-refractivity contribution in [2.75, 3.05) is 5.32 Å². The average molecular weight is 261 g/mol. The number of furan rings is 1. The molecule has 0 atom stereocenters. The molecule has 1 N–H and O–H groups in total. The third-order valence-corrected chi connectivity index (χ3v) is 3.15.